The van der Waals surface area contributed by atoms with Gasteiger partial charge in [-0.05, 0) is 31.5 Å². The van der Waals surface area contributed by atoms with E-state index in [4.69, 9.17) is 13.9 Å². The molecule has 0 unspecified atom stereocenters. The zero-order valence-corrected chi connectivity index (χ0v) is 19.0. The average Bonchev–Trinajstić information content (AvgIpc) is 3.19. The van der Waals surface area contributed by atoms with Gasteiger partial charge >= 0.3 is 6.61 Å². The number of alkyl halides is 2. The Kier molecular flexibility index (Phi) is 12.1. The molecule has 1 aromatic heterocycles. The lowest BCUT2D eigenvalue weighted by Crippen LogP contribution is -2.38. The van der Waals surface area contributed by atoms with Crippen molar-refractivity contribution in [3.05, 3.63) is 47.9 Å². The molecule has 0 aliphatic heterocycles. The van der Waals surface area contributed by atoms with E-state index in [1.807, 2.05) is 19.1 Å². The van der Waals surface area contributed by atoms with E-state index in [9.17, 15) is 8.78 Å². The highest BCUT2D eigenvalue weighted by molar-refractivity contribution is 14.0. The SMILES string of the molecule is CCCNC(=NCc1cccc(OCC)c1OC(F)F)NCCc1ccco1.I. The molecule has 0 aliphatic rings. The number of nitrogens with one attached hydrogen (secondary N) is 2. The summed E-state index contributed by atoms with van der Waals surface area (Å²) in [6.07, 6.45) is 3.27. The molecule has 0 spiro atoms. The summed E-state index contributed by atoms with van der Waals surface area (Å²) in [6, 6.07) is 8.79. The van der Waals surface area contributed by atoms with Gasteiger partial charge < -0.3 is 24.5 Å². The lowest BCUT2D eigenvalue weighted by Gasteiger charge is -2.15. The number of nitrogens with zero attached hydrogens (tertiary/aromatic N) is 1. The number of furan rings is 1. The van der Waals surface area contributed by atoms with Crippen LogP contribution < -0.4 is 20.1 Å². The standard InChI is InChI=1S/C20H27F2N3O3.HI/c1-3-11-23-20(24-12-10-16-8-6-13-27-16)25-14-15-7-5-9-17(26-4-2)18(15)28-19(21)22;/h5-9,13,19H,3-4,10-12,14H2,1-2H3,(H2,23,24,25);1H. The fourth-order valence-corrected chi connectivity index (χ4v) is 2.52. The first-order valence-electron chi connectivity index (χ1n) is 9.38. The third kappa shape index (κ3) is 8.88. The van der Waals surface area contributed by atoms with Gasteiger partial charge in [-0.2, -0.15) is 8.78 Å². The van der Waals surface area contributed by atoms with Gasteiger partial charge in [0.2, 0.25) is 0 Å². The number of hydrogen-bond donors (Lipinski definition) is 2. The first-order valence-corrected chi connectivity index (χ1v) is 9.38. The van der Waals surface area contributed by atoms with Crippen LogP contribution >= 0.6 is 24.0 Å². The predicted octanol–water partition coefficient (Wildman–Crippen LogP) is 4.59. The van der Waals surface area contributed by atoms with Gasteiger partial charge in [-0.15, -0.1) is 24.0 Å². The van der Waals surface area contributed by atoms with Crippen molar-refractivity contribution in [3.63, 3.8) is 0 Å². The Hall–Kier alpha value is -2.04. The molecule has 0 saturated heterocycles. The Morgan fingerprint density at radius 2 is 1.93 bits per heavy atom. The third-order valence-corrected chi connectivity index (χ3v) is 3.76. The number of benzene rings is 1. The molecule has 6 nitrogen and oxygen atoms in total. The second kappa shape index (κ2) is 14.0. The molecule has 0 aliphatic carbocycles. The molecule has 0 fully saturated rings. The average molecular weight is 523 g/mol. The third-order valence-electron chi connectivity index (χ3n) is 3.76. The molecular formula is C20H28F2IN3O3. The van der Waals surface area contributed by atoms with E-state index in [1.54, 1.807) is 31.4 Å². The van der Waals surface area contributed by atoms with Crippen molar-refractivity contribution in [2.45, 2.75) is 39.8 Å². The minimum atomic E-state index is -2.94. The number of guanidine groups is 1. The molecule has 0 radical (unpaired) electrons. The highest BCUT2D eigenvalue weighted by atomic mass is 127. The first-order chi connectivity index (χ1) is 13.6. The molecule has 2 aromatic rings. The van der Waals surface area contributed by atoms with Crippen molar-refractivity contribution < 1.29 is 22.7 Å². The van der Waals surface area contributed by atoms with Crippen LogP contribution in [0.4, 0.5) is 8.78 Å². The summed E-state index contributed by atoms with van der Waals surface area (Å²) >= 11 is 0. The number of halogens is 3. The van der Waals surface area contributed by atoms with E-state index in [0.29, 0.717) is 31.1 Å². The summed E-state index contributed by atoms with van der Waals surface area (Å²) in [5.41, 5.74) is 0.523. The molecule has 162 valence electrons. The molecule has 2 N–H and O–H groups in total. The molecule has 29 heavy (non-hydrogen) atoms. The second-order valence-electron chi connectivity index (χ2n) is 5.90. The van der Waals surface area contributed by atoms with Crippen molar-refractivity contribution in [1.82, 2.24) is 10.6 Å². The fraction of sp³-hybridized carbons (Fsp3) is 0.450. The highest BCUT2D eigenvalue weighted by Gasteiger charge is 2.15. The molecule has 0 atom stereocenters. The first kappa shape index (κ1) is 25.0. The maximum Gasteiger partial charge on any atom is 0.387 e. The van der Waals surface area contributed by atoms with Crippen molar-refractivity contribution in [2.24, 2.45) is 4.99 Å². The number of rotatable bonds is 11. The summed E-state index contributed by atoms with van der Waals surface area (Å²) < 4.78 is 41.1. The van der Waals surface area contributed by atoms with Gasteiger partial charge in [0.15, 0.2) is 17.5 Å². The van der Waals surface area contributed by atoms with Crippen LogP contribution in [0.25, 0.3) is 0 Å². The summed E-state index contributed by atoms with van der Waals surface area (Å²) in [7, 11) is 0. The molecule has 0 saturated carbocycles. The van der Waals surface area contributed by atoms with Crippen LogP contribution in [0.1, 0.15) is 31.6 Å². The van der Waals surface area contributed by atoms with Gasteiger partial charge in [-0.25, -0.2) is 4.99 Å². The maximum atomic E-state index is 12.8. The van der Waals surface area contributed by atoms with Gasteiger partial charge in [-0.1, -0.05) is 19.1 Å². The number of aliphatic imine (C=N–C) groups is 1. The second-order valence-corrected chi connectivity index (χ2v) is 5.90. The van der Waals surface area contributed by atoms with Gasteiger partial charge in [0.05, 0.1) is 19.4 Å². The van der Waals surface area contributed by atoms with Crippen molar-refractivity contribution in [3.8, 4) is 11.5 Å². The van der Waals surface area contributed by atoms with Crippen LogP contribution in [0.3, 0.4) is 0 Å². The lowest BCUT2D eigenvalue weighted by molar-refractivity contribution is -0.0520. The van der Waals surface area contributed by atoms with E-state index in [0.717, 1.165) is 18.7 Å². The summed E-state index contributed by atoms with van der Waals surface area (Å²) in [6.45, 7) is 2.79. The van der Waals surface area contributed by atoms with Gasteiger partial charge in [0, 0.05) is 25.1 Å². The molecule has 1 aromatic carbocycles. The van der Waals surface area contributed by atoms with Crippen LogP contribution in [-0.4, -0.2) is 32.3 Å². The largest absolute Gasteiger partial charge is 0.490 e. The molecule has 0 amide bonds. The van der Waals surface area contributed by atoms with E-state index < -0.39 is 6.61 Å². The molecule has 9 heteroatoms. The number of para-hydroxylation sites is 1. The maximum absolute atomic E-state index is 12.8. The van der Waals surface area contributed by atoms with Crippen molar-refractivity contribution >= 4 is 29.9 Å². The Morgan fingerprint density at radius 3 is 2.59 bits per heavy atom. The molecule has 2 rings (SSSR count). The minimum Gasteiger partial charge on any atom is -0.490 e. The van der Waals surface area contributed by atoms with E-state index in [2.05, 4.69) is 15.6 Å². The molecule has 1 heterocycles. The normalized spacial score (nSPS) is 11.1. The summed E-state index contributed by atoms with van der Waals surface area (Å²) in [5, 5.41) is 6.43. The van der Waals surface area contributed by atoms with Crippen LogP contribution in [0.2, 0.25) is 0 Å². The Balaban J connectivity index is 0.00000420. The van der Waals surface area contributed by atoms with Crippen molar-refractivity contribution in [2.75, 3.05) is 19.7 Å². The smallest absolute Gasteiger partial charge is 0.387 e. The van der Waals surface area contributed by atoms with Gasteiger partial charge in [0.25, 0.3) is 0 Å². The summed E-state index contributed by atoms with van der Waals surface area (Å²) in [5.74, 6) is 1.77. The van der Waals surface area contributed by atoms with Crippen LogP contribution in [0.5, 0.6) is 11.5 Å². The van der Waals surface area contributed by atoms with Crippen LogP contribution in [0, 0.1) is 0 Å². The Bertz CT molecular complexity index is 728. The Morgan fingerprint density at radius 1 is 1.14 bits per heavy atom. The predicted molar refractivity (Wildman–Crippen MR) is 120 cm³/mol. The van der Waals surface area contributed by atoms with Crippen LogP contribution in [-0.2, 0) is 13.0 Å². The van der Waals surface area contributed by atoms with E-state index in [-0.39, 0.29) is 42.0 Å². The highest BCUT2D eigenvalue weighted by Crippen LogP contribution is 2.33. The molecule has 0 bridgehead atoms. The fourth-order valence-electron chi connectivity index (χ4n) is 2.52. The minimum absolute atomic E-state index is 0. The zero-order chi connectivity index (χ0) is 20.2. The lowest BCUT2D eigenvalue weighted by atomic mass is 10.2. The monoisotopic (exact) mass is 523 g/mol. The zero-order valence-electron chi connectivity index (χ0n) is 16.6. The van der Waals surface area contributed by atoms with E-state index in [1.165, 1.54) is 0 Å². The number of ether oxygens (including phenoxy) is 2. The number of hydrogen-bond acceptors (Lipinski definition) is 4. The quantitative estimate of drug-likeness (QED) is 0.256. The Labute approximate surface area is 187 Å². The van der Waals surface area contributed by atoms with E-state index >= 15 is 0 Å². The topological polar surface area (TPSA) is 68.0 Å². The van der Waals surface area contributed by atoms with Crippen molar-refractivity contribution in [1.29, 1.82) is 0 Å². The van der Waals surface area contributed by atoms with Gasteiger partial charge in [-0.3, -0.25) is 0 Å². The summed E-state index contributed by atoms with van der Waals surface area (Å²) in [4.78, 5) is 4.50. The van der Waals surface area contributed by atoms with Gasteiger partial charge in [0.1, 0.15) is 5.76 Å². The van der Waals surface area contributed by atoms with Crippen LogP contribution in [0.15, 0.2) is 46.0 Å². The molecular weight excluding hydrogens is 495 g/mol.